The Morgan fingerprint density at radius 2 is 2.27 bits per heavy atom. The Hall–Kier alpha value is -1.84. The van der Waals surface area contributed by atoms with Gasteiger partial charge in [0.25, 0.3) is 0 Å². The second-order valence-electron chi connectivity index (χ2n) is 3.79. The molecule has 0 radical (unpaired) electrons. The monoisotopic (exact) mass is 200 g/mol. The van der Waals surface area contributed by atoms with E-state index < -0.39 is 0 Å². The fourth-order valence-electron chi connectivity index (χ4n) is 2.06. The molecule has 2 N–H and O–H groups in total. The predicted octanol–water partition coefficient (Wildman–Crippen LogP) is 1.88. The summed E-state index contributed by atoms with van der Waals surface area (Å²) in [4.78, 5) is 3.97. The van der Waals surface area contributed by atoms with Crippen LogP contribution in [0.2, 0.25) is 0 Å². The number of nitrogens with two attached hydrogens (primary N) is 1. The fraction of sp³-hybridized carbons (Fsp3) is 0.273. The predicted molar refractivity (Wildman–Crippen MR) is 59.2 cm³/mol. The lowest BCUT2D eigenvalue weighted by Gasteiger charge is -2.02. The summed E-state index contributed by atoms with van der Waals surface area (Å²) >= 11 is 0. The standard InChI is InChI=1S/C11H12N4/c12-11-13-7-9-5-6-10(15(9)14-11)8-3-1-2-4-8/h3,5-7H,1-2,4H2,(H2,12,14). The minimum atomic E-state index is 0.318. The molecular formula is C11H12N4. The maximum Gasteiger partial charge on any atom is 0.238 e. The van der Waals surface area contributed by atoms with Gasteiger partial charge in [-0.1, -0.05) is 6.08 Å². The first-order chi connectivity index (χ1) is 7.34. The molecule has 15 heavy (non-hydrogen) atoms. The molecule has 4 heteroatoms. The van der Waals surface area contributed by atoms with Gasteiger partial charge in [0.2, 0.25) is 5.95 Å². The minimum Gasteiger partial charge on any atom is -0.367 e. The van der Waals surface area contributed by atoms with E-state index in [0.29, 0.717) is 5.95 Å². The van der Waals surface area contributed by atoms with Crippen LogP contribution in [0.4, 0.5) is 5.95 Å². The van der Waals surface area contributed by atoms with Crippen molar-refractivity contribution in [3.8, 4) is 0 Å². The van der Waals surface area contributed by atoms with Crippen molar-refractivity contribution in [2.24, 2.45) is 0 Å². The third-order valence-corrected chi connectivity index (χ3v) is 2.79. The number of anilines is 1. The van der Waals surface area contributed by atoms with Gasteiger partial charge in [-0.2, -0.15) is 0 Å². The highest BCUT2D eigenvalue weighted by Gasteiger charge is 2.11. The number of aromatic nitrogens is 3. The summed E-state index contributed by atoms with van der Waals surface area (Å²) in [6.45, 7) is 0. The zero-order chi connectivity index (χ0) is 10.3. The number of hydrogen-bond acceptors (Lipinski definition) is 3. The van der Waals surface area contributed by atoms with Gasteiger partial charge in [-0.25, -0.2) is 9.50 Å². The lowest BCUT2D eigenvalue weighted by molar-refractivity contribution is 0.888. The van der Waals surface area contributed by atoms with Crippen molar-refractivity contribution in [2.45, 2.75) is 19.3 Å². The summed E-state index contributed by atoms with van der Waals surface area (Å²) in [7, 11) is 0. The van der Waals surface area contributed by atoms with E-state index in [1.54, 1.807) is 6.20 Å². The molecule has 0 amide bonds. The Bertz CT molecular complexity index is 539. The minimum absolute atomic E-state index is 0.318. The van der Waals surface area contributed by atoms with Crippen LogP contribution in [-0.4, -0.2) is 14.6 Å². The number of rotatable bonds is 1. The van der Waals surface area contributed by atoms with Crippen LogP contribution in [0.25, 0.3) is 11.1 Å². The molecule has 0 aliphatic heterocycles. The zero-order valence-corrected chi connectivity index (χ0v) is 8.35. The van der Waals surface area contributed by atoms with Crippen LogP contribution in [0.5, 0.6) is 0 Å². The topological polar surface area (TPSA) is 56.2 Å². The first kappa shape index (κ1) is 8.47. The summed E-state index contributed by atoms with van der Waals surface area (Å²) in [6, 6.07) is 4.11. The number of hydrogen-bond donors (Lipinski definition) is 1. The van der Waals surface area contributed by atoms with Crippen LogP contribution >= 0.6 is 0 Å². The van der Waals surface area contributed by atoms with Gasteiger partial charge in [-0.05, 0) is 37.0 Å². The number of nitrogens with zero attached hydrogens (tertiary/aromatic N) is 3. The molecule has 2 heterocycles. The molecular weight excluding hydrogens is 188 g/mol. The Labute approximate surface area is 87.4 Å². The third kappa shape index (κ3) is 1.29. The normalized spacial score (nSPS) is 15.9. The molecule has 0 unspecified atom stereocenters. The van der Waals surface area contributed by atoms with Gasteiger partial charge < -0.3 is 5.73 Å². The van der Waals surface area contributed by atoms with E-state index in [0.717, 1.165) is 17.6 Å². The van der Waals surface area contributed by atoms with E-state index in [1.807, 2.05) is 10.6 Å². The molecule has 3 rings (SSSR count). The Morgan fingerprint density at radius 3 is 3.07 bits per heavy atom. The highest BCUT2D eigenvalue weighted by molar-refractivity contribution is 5.68. The quantitative estimate of drug-likeness (QED) is 0.764. The molecule has 2 aromatic heterocycles. The average molecular weight is 200 g/mol. The van der Waals surface area contributed by atoms with Gasteiger partial charge >= 0.3 is 0 Å². The summed E-state index contributed by atoms with van der Waals surface area (Å²) in [5.41, 5.74) is 9.10. The lowest BCUT2D eigenvalue weighted by atomic mass is 10.2. The lowest BCUT2D eigenvalue weighted by Crippen LogP contribution is -2.02. The Morgan fingerprint density at radius 1 is 1.33 bits per heavy atom. The van der Waals surface area contributed by atoms with Crippen molar-refractivity contribution >= 4 is 17.0 Å². The van der Waals surface area contributed by atoms with E-state index in [9.17, 15) is 0 Å². The molecule has 0 atom stereocenters. The maximum absolute atomic E-state index is 5.59. The van der Waals surface area contributed by atoms with Crippen molar-refractivity contribution in [2.75, 3.05) is 5.73 Å². The van der Waals surface area contributed by atoms with Crippen LogP contribution in [0.3, 0.4) is 0 Å². The third-order valence-electron chi connectivity index (χ3n) is 2.79. The molecule has 0 bridgehead atoms. The van der Waals surface area contributed by atoms with Crippen LogP contribution < -0.4 is 5.73 Å². The first-order valence-corrected chi connectivity index (χ1v) is 5.14. The van der Waals surface area contributed by atoms with E-state index in [1.165, 1.54) is 18.4 Å². The molecule has 76 valence electrons. The van der Waals surface area contributed by atoms with Crippen molar-refractivity contribution in [3.05, 3.63) is 30.1 Å². The summed E-state index contributed by atoms with van der Waals surface area (Å²) in [5.74, 6) is 0.318. The van der Waals surface area contributed by atoms with Crippen LogP contribution in [0, 0.1) is 0 Å². The van der Waals surface area contributed by atoms with E-state index in [2.05, 4.69) is 22.2 Å². The molecule has 2 aromatic rings. The summed E-state index contributed by atoms with van der Waals surface area (Å²) in [5, 5.41) is 4.22. The molecule has 4 nitrogen and oxygen atoms in total. The number of fused-ring (bicyclic) bond motifs is 1. The van der Waals surface area contributed by atoms with Gasteiger partial charge in [-0.15, -0.1) is 5.10 Å². The highest BCUT2D eigenvalue weighted by atomic mass is 15.3. The molecule has 1 aliphatic carbocycles. The summed E-state index contributed by atoms with van der Waals surface area (Å²) < 4.78 is 1.87. The molecule has 0 saturated carbocycles. The van der Waals surface area contributed by atoms with Crippen LogP contribution in [0.1, 0.15) is 25.0 Å². The van der Waals surface area contributed by atoms with Crippen molar-refractivity contribution in [1.82, 2.24) is 14.6 Å². The molecule has 0 fully saturated rings. The second-order valence-corrected chi connectivity index (χ2v) is 3.79. The highest BCUT2D eigenvalue weighted by Crippen LogP contribution is 2.28. The van der Waals surface area contributed by atoms with Gasteiger partial charge in [0.1, 0.15) is 0 Å². The first-order valence-electron chi connectivity index (χ1n) is 5.14. The van der Waals surface area contributed by atoms with Gasteiger partial charge in [0.05, 0.1) is 17.4 Å². The van der Waals surface area contributed by atoms with E-state index in [-0.39, 0.29) is 0 Å². The molecule has 1 aliphatic rings. The largest absolute Gasteiger partial charge is 0.367 e. The number of allylic oxidation sites excluding steroid dienone is 2. The molecule has 0 spiro atoms. The molecule has 0 aromatic carbocycles. The second kappa shape index (κ2) is 3.08. The van der Waals surface area contributed by atoms with Crippen molar-refractivity contribution in [3.63, 3.8) is 0 Å². The van der Waals surface area contributed by atoms with E-state index >= 15 is 0 Å². The van der Waals surface area contributed by atoms with Crippen LogP contribution in [-0.2, 0) is 0 Å². The maximum atomic E-state index is 5.59. The molecule has 0 saturated heterocycles. The average Bonchev–Trinajstić information content (AvgIpc) is 2.83. The SMILES string of the molecule is Nc1ncc2ccc(C3=CCCC3)n2n1. The van der Waals surface area contributed by atoms with Gasteiger partial charge in [-0.3, -0.25) is 0 Å². The fourth-order valence-corrected chi connectivity index (χ4v) is 2.06. The van der Waals surface area contributed by atoms with E-state index in [4.69, 9.17) is 5.73 Å². The summed E-state index contributed by atoms with van der Waals surface area (Å²) in [6.07, 6.45) is 7.57. The Kier molecular flexibility index (Phi) is 1.74. The number of nitrogen functional groups attached to an aromatic ring is 1. The zero-order valence-electron chi connectivity index (χ0n) is 8.35. The van der Waals surface area contributed by atoms with Crippen LogP contribution in [0.15, 0.2) is 24.4 Å². The van der Waals surface area contributed by atoms with Crippen molar-refractivity contribution < 1.29 is 0 Å². The van der Waals surface area contributed by atoms with Crippen molar-refractivity contribution in [1.29, 1.82) is 0 Å². The Balaban J connectivity index is 2.22. The smallest absolute Gasteiger partial charge is 0.238 e. The van der Waals surface area contributed by atoms with Gasteiger partial charge in [0, 0.05) is 0 Å². The van der Waals surface area contributed by atoms with Gasteiger partial charge in [0.15, 0.2) is 0 Å².